The Morgan fingerprint density at radius 1 is 1.35 bits per heavy atom. The number of nitrogens with one attached hydrogen (secondary N) is 1. The van der Waals surface area contributed by atoms with Gasteiger partial charge in [-0.2, -0.15) is 0 Å². The van der Waals surface area contributed by atoms with Gasteiger partial charge in [0.2, 0.25) is 5.91 Å². The molecule has 0 unspecified atom stereocenters. The predicted molar refractivity (Wildman–Crippen MR) is 98.2 cm³/mol. The lowest BCUT2D eigenvalue weighted by Gasteiger charge is -2.18. The van der Waals surface area contributed by atoms with Crippen LogP contribution in [-0.2, 0) is 4.79 Å². The Kier molecular flexibility index (Phi) is 4.58. The number of likely N-dealkylation sites (N-methyl/N-ethyl adjacent to an activating group) is 1. The predicted octanol–water partition coefficient (Wildman–Crippen LogP) is 3.84. The standard InChI is InChI=1S/C16H15BrN4OS/c1-10-7-11-15(18-9-19-16(11)23-10)21(2)8-14(22)20-13-6-4-3-5-12(13)17/h3-7,9H,8H2,1-2H3,(H,20,22). The first-order valence-electron chi connectivity index (χ1n) is 7.01. The molecule has 3 rings (SSSR count). The minimum atomic E-state index is -0.0990. The highest BCUT2D eigenvalue weighted by atomic mass is 79.9. The number of halogens is 1. The zero-order valence-electron chi connectivity index (χ0n) is 12.7. The monoisotopic (exact) mass is 390 g/mol. The summed E-state index contributed by atoms with van der Waals surface area (Å²) in [6.45, 7) is 2.25. The number of fused-ring (bicyclic) bond motifs is 1. The van der Waals surface area contributed by atoms with Gasteiger partial charge in [0, 0.05) is 16.4 Å². The molecular formula is C16H15BrN4OS. The average Bonchev–Trinajstić information content (AvgIpc) is 2.89. The van der Waals surface area contributed by atoms with Crippen LogP contribution in [-0.4, -0.2) is 29.5 Å². The molecule has 3 aromatic rings. The molecule has 7 heteroatoms. The number of carbonyl (C=O) groups is 1. The van der Waals surface area contributed by atoms with E-state index in [1.165, 1.54) is 11.2 Å². The second kappa shape index (κ2) is 6.64. The Hall–Kier alpha value is -1.99. The van der Waals surface area contributed by atoms with E-state index in [0.717, 1.165) is 26.2 Å². The van der Waals surface area contributed by atoms with Crippen molar-refractivity contribution in [3.63, 3.8) is 0 Å². The summed E-state index contributed by atoms with van der Waals surface area (Å²) in [6, 6.07) is 9.58. The number of amides is 1. The highest BCUT2D eigenvalue weighted by molar-refractivity contribution is 9.10. The molecule has 1 aromatic carbocycles. The average molecular weight is 391 g/mol. The van der Waals surface area contributed by atoms with E-state index in [1.54, 1.807) is 11.3 Å². The van der Waals surface area contributed by atoms with Crippen molar-refractivity contribution in [2.75, 3.05) is 23.8 Å². The van der Waals surface area contributed by atoms with Crippen LogP contribution in [0.5, 0.6) is 0 Å². The zero-order valence-corrected chi connectivity index (χ0v) is 15.1. The Morgan fingerprint density at radius 2 is 2.13 bits per heavy atom. The molecule has 118 valence electrons. The number of hydrogen-bond acceptors (Lipinski definition) is 5. The van der Waals surface area contributed by atoms with E-state index in [1.807, 2.05) is 43.1 Å². The Morgan fingerprint density at radius 3 is 2.91 bits per heavy atom. The van der Waals surface area contributed by atoms with Crippen LogP contribution in [0.4, 0.5) is 11.5 Å². The van der Waals surface area contributed by atoms with Gasteiger partial charge in [-0.1, -0.05) is 12.1 Å². The molecule has 23 heavy (non-hydrogen) atoms. The van der Waals surface area contributed by atoms with Crippen molar-refractivity contribution in [2.45, 2.75) is 6.92 Å². The number of rotatable bonds is 4. The fourth-order valence-electron chi connectivity index (χ4n) is 2.31. The number of benzene rings is 1. The van der Waals surface area contributed by atoms with Crippen LogP contribution >= 0.6 is 27.3 Å². The van der Waals surface area contributed by atoms with Gasteiger partial charge in [-0.3, -0.25) is 4.79 Å². The maximum atomic E-state index is 12.3. The number of carbonyl (C=O) groups excluding carboxylic acids is 1. The van der Waals surface area contributed by atoms with Crippen molar-refractivity contribution in [3.8, 4) is 0 Å². The van der Waals surface area contributed by atoms with Crippen LogP contribution in [0.25, 0.3) is 10.2 Å². The van der Waals surface area contributed by atoms with Crippen molar-refractivity contribution in [1.29, 1.82) is 0 Å². The molecule has 0 aliphatic rings. The third-order valence-corrected chi connectivity index (χ3v) is 4.97. The van der Waals surface area contributed by atoms with E-state index in [9.17, 15) is 4.79 Å². The van der Waals surface area contributed by atoms with Crippen molar-refractivity contribution >= 4 is 54.9 Å². The van der Waals surface area contributed by atoms with Gasteiger partial charge in [0.15, 0.2) is 0 Å². The van der Waals surface area contributed by atoms with Gasteiger partial charge in [-0.25, -0.2) is 9.97 Å². The van der Waals surface area contributed by atoms with Gasteiger partial charge in [-0.15, -0.1) is 11.3 Å². The normalized spacial score (nSPS) is 10.7. The van der Waals surface area contributed by atoms with Crippen LogP contribution in [0.3, 0.4) is 0 Å². The van der Waals surface area contributed by atoms with E-state index >= 15 is 0 Å². The van der Waals surface area contributed by atoms with Gasteiger partial charge in [0.25, 0.3) is 0 Å². The molecule has 0 spiro atoms. The number of aryl methyl sites for hydroxylation is 1. The number of aromatic nitrogens is 2. The third kappa shape index (κ3) is 3.51. The molecular weight excluding hydrogens is 376 g/mol. The van der Waals surface area contributed by atoms with Crippen LogP contribution < -0.4 is 10.2 Å². The van der Waals surface area contributed by atoms with E-state index in [2.05, 4.69) is 37.3 Å². The first kappa shape index (κ1) is 15.9. The summed E-state index contributed by atoms with van der Waals surface area (Å²) in [6.07, 6.45) is 1.54. The van der Waals surface area contributed by atoms with Crippen molar-refractivity contribution in [2.24, 2.45) is 0 Å². The summed E-state index contributed by atoms with van der Waals surface area (Å²) in [5, 5.41) is 3.87. The molecule has 0 aliphatic heterocycles. The molecule has 1 N–H and O–H groups in total. The molecule has 1 amide bonds. The molecule has 0 radical (unpaired) electrons. The SMILES string of the molecule is Cc1cc2c(N(C)CC(=O)Nc3ccccc3Br)ncnc2s1. The number of anilines is 2. The Balaban J connectivity index is 1.76. The molecule has 0 atom stereocenters. The molecule has 5 nitrogen and oxygen atoms in total. The number of nitrogens with zero attached hydrogens (tertiary/aromatic N) is 3. The van der Waals surface area contributed by atoms with Gasteiger partial charge >= 0.3 is 0 Å². The van der Waals surface area contributed by atoms with Gasteiger partial charge < -0.3 is 10.2 Å². The molecule has 0 bridgehead atoms. The van der Waals surface area contributed by atoms with E-state index in [0.29, 0.717) is 0 Å². The highest BCUT2D eigenvalue weighted by Gasteiger charge is 2.14. The topological polar surface area (TPSA) is 58.1 Å². The third-order valence-electron chi connectivity index (χ3n) is 3.32. The summed E-state index contributed by atoms with van der Waals surface area (Å²) in [5.41, 5.74) is 0.755. The second-order valence-corrected chi connectivity index (χ2v) is 7.25. The number of para-hydroxylation sites is 1. The van der Waals surface area contributed by atoms with Gasteiger partial charge in [-0.05, 0) is 41.1 Å². The number of hydrogen-bond donors (Lipinski definition) is 1. The Bertz CT molecular complexity index is 864. The molecule has 2 heterocycles. The lowest BCUT2D eigenvalue weighted by atomic mass is 10.3. The van der Waals surface area contributed by atoms with Crippen LogP contribution in [0.1, 0.15) is 4.88 Å². The Labute approximate surface area is 146 Å². The smallest absolute Gasteiger partial charge is 0.243 e. The fourth-order valence-corrected chi connectivity index (χ4v) is 3.54. The molecule has 2 aromatic heterocycles. The summed E-state index contributed by atoms with van der Waals surface area (Å²) in [7, 11) is 1.86. The van der Waals surface area contributed by atoms with Gasteiger partial charge in [0.05, 0.1) is 17.6 Å². The second-order valence-electron chi connectivity index (χ2n) is 5.16. The van der Waals surface area contributed by atoms with Crippen LogP contribution in [0.2, 0.25) is 0 Å². The zero-order chi connectivity index (χ0) is 16.4. The quantitative estimate of drug-likeness (QED) is 0.734. The minimum Gasteiger partial charge on any atom is -0.350 e. The molecule has 0 saturated carbocycles. The first-order chi connectivity index (χ1) is 11.0. The summed E-state index contributed by atoms with van der Waals surface area (Å²) >= 11 is 5.05. The maximum absolute atomic E-state index is 12.3. The lowest BCUT2D eigenvalue weighted by molar-refractivity contribution is -0.114. The molecule has 0 fully saturated rings. The largest absolute Gasteiger partial charge is 0.350 e. The first-order valence-corrected chi connectivity index (χ1v) is 8.62. The van der Waals surface area contributed by atoms with E-state index in [-0.39, 0.29) is 12.5 Å². The van der Waals surface area contributed by atoms with Crippen molar-refractivity contribution in [1.82, 2.24) is 9.97 Å². The van der Waals surface area contributed by atoms with E-state index < -0.39 is 0 Å². The molecule has 0 saturated heterocycles. The van der Waals surface area contributed by atoms with Crippen LogP contribution in [0, 0.1) is 6.92 Å². The summed E-state index contributed by atoms with van der Waals surface area (Å²) < 4.78 is 0.855. The summed E-state index contributed by atoms with van der Waals surface area (Å²) in [5.74, 6) is 0.666. The van der Waals surface area contributed by atoms with Crippen molar-refractivity contribution in [3.05, 3.63) is 46.0 Å². The molecule has 0 aliphatic carbocycles. The summed E-state index contributed by atoms with van der Waals surface area (Å²) in [4.78, 5) is 24.8. The van der Waals surface area contributed by atoms with E-state index in [4.69, 9.17) is 0 Å². The van der Waals surface area contributed by atoms with Crippen LogP contribution in [0.15, 0.2) is 41.1 Å². The fraction of sp³-hybridized carbons (Fsp3) is 0.188. The lowest BCUT2D eigenvalue weighted by Crippen LogP contribution is -2.30. The van der Waals surface area contributed by atoms with Gasteiger partial charge in [0.1, 0.15) is 17.0 Å². The highest BCUT2D eigenvalue weighted by Crippen LogP contribution is 2.29. The number of thiophene rings is 1. The van der Waals surface area contributed by atoms with Crippen molar-refractivity contribution < 1.29 is 4.79 Å². The minimum absolute atomic E-state index is 0.0990. The maximum Gasteiger partial charge on any atom is 0.243 e.